The number of unbranched alkanes of at least 4 members (excludes halogenated alkanes) is 1. The second-order valence-corrected chi connectivity index (χ2v) is 22.9. The third kappa shape index (κ3) is 15.6. The predicted molar refractivity (Wildman–Crippen MR) is 297 cm³/mol. The number of alkyl halides is 3. The first-order valence-corrected chi connectivity index (χ1v) is 28.2. The Kier molecular flexibility index (Phi) is 22.9. The molecule has 83 heavy (non-hydrogen) atoms. The van der Waals surface area contributed by atoms with Crippen molar-refractivity contribution in [1.82, 2.24) is 5.32 Å². The molecule has 21 heteroatoms. The van der Waals surface area contributed by atoms with Gasteiger partial charge in [-0.15, -0.1) is 0 Å². The molecule has 2 unspecified atom stereocenters. The third-order valence-corrected chi connectivity index (χ3v) is 15.7. The molecular formula is C62H82F3NO17. The number of nitrogens with one attached hydrogen (secondary N) is 1. The average molecular weight is 1170 g/mol. The summed E-state index contributed by atoms with van der Waals surface area (Å²) in [7, 11) is 1.28. The molecule has 3 N–H and O–H groups in total. The molecule has 458 valence electrons. The van der Waals surface area contributed by atoms with Crippen molar-refractivity contribution in [3.05, 3.63) is 102 Å². The lowest BCUT2D eigenvalue weighted by Gasteiger charge is -2.67. The summed E-state index contributed by atoms with van der Waals surface area (Å²) < 4.78 is 92.4. The monoisotopic (exact) mass is 1170 g/mol. The number of fused-ring (bicyclic) bond motifs is 5. The molecule has 0 aromatic heterocycles. The van der Waals surface area contributed by atoms with Crippen LogP contribution in [0.25, 0.3) is 0 Å². The Morgan fingerprint density at radius 1 is 0.855 bits per heavy atom. The first-order valence-electron chi connectivity index (χ1n) is 28.2. The third-order valence-electron chi connectivity index (χ3n) is 15.7. The van der Waals surface area contributed by atoms with E-state index in [1.165, 1.54) is 80.7 Å². The van der Waals surface area contributed by atoms with Gasteiger partial charge in [0.1, 0.15) is 40.8 Å². The van der Waals surface area contributed by atoms with Crippen LogP contribution in [0, 0.1) is 16.7 Å². The Hall–Kier alpha value is -6.58. The van der Waals surface area contributed by atoms with Crippen molar-refractivity contribution in [3.8, 4) is 5.75 Å². The van der Waals surface area contributed by atoms with E-state index in [0.717, 1.165) is 32.6 Å². The summed E-state index contributed by atoms with van der Waals surface area (Å²) in [5, 5.41) is 27.8. The lowest BCUT2D eigenvalue weighted by Crippen LogP contribution is -2.82. The SMILES string of the molecule is CC/C=C\C/C=C\C/C=C\C/C=C\C/C=C\CCCC(=O)O[C@@H](C(=O)O[C@H]1C[C@@]2(O)C(OC(=O)c3ccccc3OC)C3[C@](C)(C(=O)[C@H](OC(=O)CC)C(=C1C)C2(C)C)[C@@H](O)C[C@H]1OC[C@@]31OC(C)=O)[C@@H](NC(=O)OC(C)(C)C)C(F)(F)F. The molecule has 4 aliphatic rings. The van der Waals surface area contributed by atoms with E-state index in [4.69, 9.17) is 37.9 Å². The Morgan fingerprint density at radius 2 is 1.45 bits per heavy atom. The summed E-state index contributed by atoms with van der Waals surface area (Å²) in [5.74, 6) is -9.01. The van der Waals surface area contributed by atoms with Crippen LogP contribution in [-0.2, 0) is 57.1 Å². The second-order valence-electron chi connectivity index (χ2n) is 22.9. The van der Waals surface area contributed by atoms with Gasteiger partial charge < -0.3 is 53.4 Å². The Balaban J connectivity index is 1.57. The van der Waals surface area contributed by atoms with Crippen LogP contribution in [0.15, 0.2) is 96.2 Å². The van der Waals surface area contributed by atoms with Crippen LogP contribution < -0.4 is 10.1 Å². The fourth-order valence-electron chi connectivity index (χ4n) is 11.5. The summed E-state index contributed by atoms with van der Waals surface area (Å²) in [6.45, 7) is 13.7. The molecule has 1 saturated heterocycles. The molecule has 1 aromatic rings. The first-order chi connectivity index (χ1) is 38.9. The molecule has 0 radical (unpaired) electrons. The fourth-order valence-corrected chi connectivity index (χ4v) is 11.5. The van der Waals surface area contributed by atoms with Gasteiger partial charge in [0.05, 0.1) is 31.2 Å². The zero-order valence-electron chi connectivity index (χ0n) is 49.3. The van der Waals surface area contributed by atoms with Gasteiger partial charge in [-0.05, 0) is 103 Å². The number of benzene rings is 1. The van der Waals surface area contributed by atoms with Gasteiger partial charge in [0.25, 0.3) is 0 Å². The molecule has 2 bridgehead atoms. The minimum Gasteiger partial charge on any atom is -0.496 e. The molecule has 0 spiro atoms. The number of hydrogen-bond donors (Lipinski definition) is 3. The number of esters is 5. The quantitative estimate of drug-likeness (QED) is 0.0377. The topological polar surface area (TPSA) is 246 Å². The number of halogens is 3. The van der Waals surface area contributed by atoms with E-state index in [2.05, 4.69) is 37.3 Å². The van der Waals surface area contributed by atoms with Crippen molar-refractivity contribution >= 4 is 41.7 Å². The zero-order valence-corrected chi connectivity index (χ0v) is 49.3. The Bertz CT molecular complexity index is 2700. The maximum atomic E-state index is 15.8. The van der Waals surface area contributed by atoms with Crippen molar-refractivity contribution < 1.29 is 94.8 Å². The first kappa shape index (κ1) is 67.2. The maximum Gasteiger partial charge on any atom is 0.413 e. The van der Waals surface area contributed by atoms with Crippen LogP contribution in [0.3, 0.4) is 0 Å². The van der Waals surface area contributed by atoms with Gasteiger partial charge in [0, 0.05) is 38.0 Å². The second kappa shape index (κ2) is 28.3. The minimum absolute atomic E-state index is 0.00376. The molecule has 11 atom stereocenters. The van der Waals surface area contributed by atoms with Crippen LogP contribution in [0.4, 0.5) is 18.0 Å². The van der Waals surface area contributed by atoms with E-state index in [-0.39, 0.29) is 48.1 Å². The number of methoxy groups -OCH3 is 1. The summed E-state index contributed by atoms with van der Waals surface area (Å²) in [6, 6.07) is 2.52. The van der Waals surface area contributed by atoms with Crippen LogP contribution in [0.1, 0.15) is 150 Å². The molecule has 3 fully saturated rings. The number of aliphatic hydroxyl groups excluding tert-OH is 1. The van der Waals surface area contributed by atoms with Gasteiger partial charge in [0.2, 0.25) is 6.10 Å². The normalized spacial score (nSPS) is 27.7. The number of allylic oxidation sites excluding steroid dienone is 10. The molecule has 1 aliphatic heterocycles. The number of Topliss-reactive ketones (excluding diaryl/α,β-unsaturated/α-hetero) is 1. The molecule has 2 saturated carbocycles. The van der Waals surface area contributed by atoms with E-state index >= 15 is 18.0 Å². The van der Waals surface area contributed by atoms with Crippen LogP contribution in [0.2, 0.25) is 0 Å². The number of hydrogen-bond acceptors (Lipinski definition) is 17. The van der Waals surface area contributed by atoms with Gasteiger partial charge in [-0.2, -0.15) is 13.2 Å². The fraction of sp³-hybridized carbons (Fsp3) is 0.597. The van der Waals surface area contributed by atoms with Crippen LogP contribution >= 0.6 is 0 Å². The van der Waals surface area contributed by atoms with Crippen molar-refractivity contribution in [2.45, 2.75) is 206 Å². The largest absolute Gasteiger partial charge is 0.496 e. The molecule has 3 aliphatic carbocycles. The van der Waals surface area contributed by atoms with E-state index in [0.29, 0.717) is 6.42 Å². The summed E-state index contributed by atoms with van der Waals surface area (Å²) in [4.78, 5) is 98.9. The number of amides is 1. The van der Waals surface area contributed by atoms with Crippen molar-refractivity contribution in [2.75, 3.05) is 13.7 Å². The molecule has 1 amide bonds. The summed E-state index contributed by atoms with van der Waals surface area (Å²) in [6.07, 6.45) is 3.20. The summed E-state index contributed by atoms with van der Waals surface area (Å²) in [5.41, 5.74) is -10.8. The maximum absolute atomic E-state index is 15.8. The van der Waals surface area contributed by atoms with E-state index in [1.807, 2.05) is 24.3 Å². The van der Waals surface area contributed by atoms with Crippen LogP contribution in [0.5, 0.6) is 5.75 Å². The Labute approximate surface area is 483 Å². The highest BCUT2D eigenvalue weighted by atomic mass is 19.4. The van der Waals surface area contributed by atoms with Crippen molar-refractivity contribution in [2.24, 2.45) is 16.7 Å². The van der Waals surface area contributed by atoms with E-state index < -0.39 is 144 Å². The summed E-state index contributed by atoms with van der Waals surface area (Å²) >= 11 is 0. The van der Waals surface area contributed by atoms with Gasteiger partial charge in [0.15, 0.2) is 23.5 Å². The smallest absolute Gasteiger partial charge is 0.413 e. The molecule has 1 aromatic carbocycles. The zero-order chi connectivity index (χ0) is 61.7. The number of ketones is 1. The van der Waals surface area contributed by atoms with Crippen LogP contribution in [-0.4, -0.2) is 131 Å². The molecule has 18 nitrogen and oxygen atoms in total. The highest BCUT2D eigenvalue weighted by molar-refractivity contribution is 5.96. The number of carbonyl (C=O) groups excluding carboxylic acids is 7. The lowest BCUT2D eigenvalue weighted by atomic mass is 9.44. The number of aliphatic hydroxyl groups is 2. The molecular weight excluding hydrogens is 1090 g/mol. The standard InChI is InChI=1S/C62H82F3NO17/c1-12-14-15-16-17-18-19-20-21-22-23-24-25-26-27-28-29-34-46(70)80-49(51(62(63,64)65)66-56(74)83-57(5,6)7)55(73)78-42-36-61(75)53(81-54(72)40-32-30-31-33-41(40)76-11)50-59(10,43(68)35-44-60(50,37-77-44)82-39(4)67)52(71)48(79-45(69)13-2)47(38(42)3)58(61,8)9/h14-15,17-18,20-21,23-24,26-27,30-33,42-44,48-51,53,68,75H,12-13,16,19,22,25,28-29,34-37H2,1-11H3,(H,66,74)/b15-14-,18-17-,21-20-,24-23-,27-26-/t42-,43-,44+,48+,49+,50?,51+,53?,59+,60-,61+/m0/s1. The highest BCUT2D eigenvalue weighted by Crippen LogP contribution is 2.64. The number of alkyl carbamates (subject to hydrolysis) is 1. The van der Waals surface area contributed by atoms with E-state index in [1.54, 1.807) is 17.5 Å². The number of rotatable bonds is 24. The van der Waals surface area contributed by atoms with Gasteiger partial charge >= 0.3 is 42.1 Å². The predicted octanol–water partition coefficient (Wildman–Crippen LogP) is 9.89. The number of para-hydroxylation sites is 1. The minimum atomic E-state index is -5.54. The molecule has 5 rings (SSSR count). The van der Waals surface area contributed by atoms with Crippen molar-refractivity contribution in [3.63, 3.8) is 0 Å². The van der Waals surface area contributed by atoms with E-state index in [9.17, 15) is 39.0 Å². The Morgan fingerprint density at radius 3 is 1.98 bits per heavy atom. The van der Waals surface area contributed by atoms with Gasteiger partial charge in [-0.1, -0.05) is 101 Å². The number of ether oxygens (including phenoxy) is 8. The number of carbonyl (C=O) groups is 7. The van der Waals surface area contributed by atoms with Gasteiger partial charge in [-0.25, -0.2) is 14.4 Å². The highest BCUT2D eigenvalue weighted by Gasteiger charge is 2.78. The average Bonchev–Trinajstić information content (AvgIpc) is 0.697. The lowest BCUT2D eigenvalue weighted by molar-refractivity contribution is -0.346. The molecule has 1 heterocycles. The van der Waals surface area contributed by atoms with Crippen molar-refractivity contribution in [1.29, 1.82) is 0 Å². The van der Waals surface area contributed by atoms with Gasteiger partial charge in [-0.3, -0.25) is 19.2 Å².